The Morgan fingerprint density at radius 2 is 1.71 bits per heavy atom. The van der Waals surface area contributed by atoms with Gasteiger partial charge in [-0.2, -0.15) is 0 Å². The molecule has 0 amide bonds. The molecule has 3 heteroatoms. The summed E-state index contributed by atoms with van der Waals surface area (Å²) in [5, 5.41) is 0. The van der Waals surface area contributed by atoms with Gasteiger partial charge in [0, 0.05) is 11.8 Å². The second kappa shape index (κ2) is 4.87. The quantitative estimate of drug-likeness (QED) is 0.765. The topological polar surface area (TPSA) is 12.9 Å². The van der Waals surface area contributed by atoms with E-state index in [4.69, 9.17) is 0 Å². The number of halogens is 2. The molecule has 1 aromatic heterocycles. The largest absolute Gasteiger partial charge is 0.254 e. The number of benzene rings is 1. The smallest absolute Gasteiger partial charge is 0.126 e. The van der Waals surface area contributed by atoms with E-state index in [1.165, 1.54) is 12.1 Å². The van der Waals surface area contributed by atoms with Crippen molar-refractivity contribution in [2.24, 2.45) is 0 Å². The van der Waals surface area contributed by atoms with Crippen LogP contribution in [0, 0.1) is 18.6 Å². The maximum absolute atomic E-state index is 12.9. The number of hydrogen-bond donors (Lipinski definition) is 0. The van der Waals surface area contributed by atoms with Crippen molar-refractivity contribution in [2.75, 3.05) is 0 Å². The lowest BCUT2D eigenvalue weighted by atomic mass is 10.2. The highest BCUT2D eigenvalue weighted by molar-refractivity contribution is 5.67. The van der Waals surface area contributed by atoms with Crippen LogP contribution in [0.2, 0.25) is 0 Å². The van der Waals surface area contributed by atoms with Crippen molar-refractivity contribution in [3.05, 3.63) is 65.0 Å². The summed E-state index contributed by atoms with van der Waals surface area (Å²) in [6, 6.07) is 9.00. The van der Waals surface area contributed by atoms with Gasteiger partial charge in [-0.1, -0.05) is 12.1 Å². The predicted molar refractivity (Wildman–Crippen MR) is 64.3 cm³/mol. The van der Waals surface area contributed by atoms with Crippen LogP contribution < -0.4 is 0 Å². The average Bonchev–Trinajstić information content (AvgIpc) is 2.25. The summed E-state index contributed by atoms with van der Waals surface area (Å²) >= 11 is 0. The van der Waals surface area contributed by atoms with Crippen molar-refractivity contribution in [1.29, 1.82) is 0 Å². The maximum atomic E-state index is 12.9. The molecule has 2 aromatic rings. The molecule has 2 rings (SSSR count). The molecule has 0 spiro atoms. The molecule has 1 aromatic carbocycles. The second-order valence-electron chi connectivity index (χ2n) is 3.74. The average molecular weight is 231 g/mol. The molecule has 0 radical (unpaired) electrons. The molecule has 86 valence electrons. The van der Waals surface area contributed by atoms with Crippen LogP contribution in [0.15, 0.2) is 36.4 Å². The normalized spacial score (nSPS) is 11.0. The summed E-state index contributed by atoms with van der Waals surface area (Å²) in [5.41, 5.74) is 2.14. The van der Waals surface area contributed by atoms with Gasteiger partial charge < -0.3 is 0 Å². The lowest BCUT2D eigenvalue weighted by molar-refractivity contribution is 0.583. The van der Waals surface area contributed by atoms with Gasteiger partial charge in [0.25, 0.3) is 0 Å². The summed E-state index contributed by atoms with van der Waals surface area (Å²) in [6.07, 6.45) is 3.36. The number of pyridine rings is 1. The minimum absolute atomic E-state index is 0.478. The van der Waals surface area contributed by atoms with Gasteiger partial charge in [0.1, 0.15) is 11.6 Å². The molecule has 0 atom stereocenters. The number of aryl methyl sites for hydroxylation is 1. The Morgan fingerprint density at radius 1 is 1.00 bits per heavy atom. The van der Waals surface area contributed by atoms with Crippen LogP contribution in [0.25, 0.3) is 12.2 Å². The molecule has 0 saturated heterocycles. The van der Waals surface area contributed by atoms with E-state index in [9.17, 15) is 8.78 Å². The molecule has 0 aliphatic carbocycles. The molecular formula is C14H11F2N. The van der Waals surface area contributed by atoms with E-state index < -0.39 is 11.6 Å². The van der Waals surface area contributed by atoms with Gasteiger partial charge in [0.05, 0.1) is 5.69 Å². The zero-order valence-corrected chi connectivity index (χ0v) is 9.32. The van der Waals surface area contributed by atoms with E-state index in [0.29, 0.717) is 5.56 Å². The van der Waals surface area contributed by atoms with Crippen LogP contribution in [-0.4, -0.2) is 4.98 Å². The van der Waals surface area contributed by atoms with Crippen molar-refractivity contribution in [3.63, 3.8) is 0 Å². The Morgan fingerprint density at radius 3 is 2.35 bits per heavy atom. The zero-order chi connectivity index (χ0) is 12.3. The highest BCUT2D eigenvalue weighted by Crippen LogP contribution is 2.11. The van der Waals surface area contributed by atoms with E-state index >= 15 is 0 Å². The highest BCUT2D eigenvalue weighted by Gasteiger charge is 1.97. The third kappa shape index (κ3) is 3.21. The summed E-state index contributed by atoms with van der Waals surface area (Å²) < 4.78 is 25.9. The van der Waals surface area contributed by atoms with Gasteiger partial charge in [-0.3, -0.25) is 4.98 Å². The number of rotatable bonds is 2. The second-order valence-corrected chi connectivity index (χ2v) is 3.74. The molecule has 17 heavy (non-hydrogen) atoms. The first kappa shape index (κ1) is 11.5. The summed E-state index contributed by atoms with van der Waals surface area (Å²) in [6.45, 7) is 1.89. The van der Waals surface area contributed by atoms with E-state index in [0.717, 1.165) is 17.5 Å². The van der Waals surface area contributed by atoms with E-state index in [-0.39, 0.29) is 0 Å². The summed E-state index contributed by atoms with van der Waals surface area (Å²) in [7, 11) is 0. The third-order valence-corrected chi connectivity index (χ3v) is 2.24. The van der Waals surface area contributed by atoms with Crippen LogP contribution in [0.1, 0.15) is 17.0 Å². The first-order chi connectivity index (χ1) is 8.13. The molecule has 0 saturated carbocycles. The molecule has 0 aliphatic rings. The highest BCUT2D eigenvalue weighted by atomic mass is 19.1. The molecule has 1 nitrogen and oxygen atoms in total. The van der Waals surface area contributed by atoms with Crippen LogP contribution in [0.5, 0.6) is 0 Å². The number of nitrogens with zero attached hydrogens (tertiary/aromatic N) is 1. The van der Waals surface area contributed by atoms with Crippen molar-refractivity contribution >= 4 is 12.2 Å². The van der Waals surface area contributed by atoms with E-state index in [1.54, 1.807) is 12.2 Å². The lowest BCUT2D eigenvalue weighted by Gasteiger charge is -1.97. The predicted octanol–water partition coefficient (Wildman–Crippen LogP) is 3.84. The fourth-order valence-corrected chi connectivity index (χ4v) is 1.51. The van der Waals surface area contributed by atoms with E-state index in [1.807, 2.05) is 25.1 Å². The molecule has 0 unspecified atom stereocenters. The summed E-state index contributed by atoms with van der Waals surface area (Å²) in [5.74, 6) is -1.16. The van der Waals surface area contributed by atoms with Gasteiger partial charge in [0.15, 0.2) is 0 Å². The van der Waals surface area contributed by atoms with Crippen LogP contribution >= 0.6 is 0 Å². The van der Waals surface area contributed by atoms with Crippen molar-refractivity contribution in [2.45, 2.75) is 6.92 Å². The first-order valence-electron chi connectivity index (χ1n) is 5.21. The standard InChI is InChI=1S/C14H11F2N/c1-10-3-2-4-14(17-10)6-5-11-7-12(15)9-13(16)8-11/h2-9H,1H3/b6-5+. The Labute approximate surface area is 98.4 Å². The van der Waals surface area contributed by atoms with Gasteiger partial charge >= 0.3 is 0 Å². The Balaban J connectivity index is 2.25. The van der Waals surface area contributed by atoms with Crippen molar-refractivity contribution in [3.8, 4) is 0 Å². The van der Waals surface area contributed by atoms with Gasteiger partial charge in [0.2, 0.25) is 0 Å². The monoisotopic (exact) mass is 231 g/mol. The van der Waals surface area contributed by atoms with Gasteiger partial charge in [-0.15, -0.1) is 0 Å². The Bertz CT molecular complexity index is 542. The molecule has 0 bridgehead atoms. The van der Waals surface area contributed by atoms with Gasteiger partial charge in [-0.05, 0) is 42.8 Å². The van der Waals surface area contributed by atoms with Crippen LogP contribution in [0.3, 0.4) is 0 Å². The van der Waals surface area contributed by atoms with Crippen LogP contribution in [-0.2, 0) is 0 Å². The lowest BCUT2D eigenvalue weighted by Crippen LogP contribution is -1.84. The first-order valence-corrected chi connectivity index (χ1v) is 5.21. The number of aromatic nitrogens is 1. The zero-order valence-electron chi connectivity index (χ0n) is 9.32. The number of hydrogen-bond acceptors (Lipinski definition) is 1. The molecule has 0 N–H and O–H groups in total. The van der Waals surface area contributed by atoms with Crippen LogP contribution in [0.4, 0.5) is 8.78 Å². The van der Waals surface area contributed by atoms with Crippen molar-refractivity contribution in [1.82, 2.24) is 4.98 Å². The third-order valence-electron chi connectivity index (χ3n) is 2.24. The minimum Gasteiger partial charge on any atom is -0.254 e. The minimum atomic E-state index is -0.582. The van der Waals surface area contributed by atoms with Crippen molar-refractivity contribution < 1.29 is 8.78 Å². The maximum Gasteiger partial charge on any atom is 0.126 e. The molecular weight excluding hydrogens is 220 g/mol. The fourth-order valence-electron chi connectivity index (χ4n) is 1.51. The SMILES string of the molecule is Cc1cccc(/C=C/c2cc(F)cc(F)c2)n1. The fraction of sp³-hybridized carbons (Fsp3) is 0.0714. The summed E-state index contributed by atoms with van der Waals surface area (Å²) in [4.78, 5) is 4.26. The van der Waals surface area contributed by atoms with Gasteiger partial charge in [-0.25, -0.2) is 8.78 Å². The molecule has 0 fully saturated rings. The van der Waals surface area contributed by atoms with E-state index in [2.05, 4.69) is 4.98 Å². The molecule has 0 aliphatic heterocycles. The molecule has 1 heterocycles. The Hall–Kier alpha value is -2.03. The Kier molecular flexibility index (Phi) is 3.28.